The predicted molar refractivity (Wildman–Crippen MR) is 72.3 cm³/mol. The van der Waals surface area contributed by atoms with Crippen LogP contribution in [0.5, 0.6) is 5.75 Å². The molecule has 0 aliphatic heterocycles. The molecule has 0 heterocycles. The van der Waals surface area contributed by atoms with Gasteiger partial charge >= 0.3 is 0 Å². The van der Waals surface area contributed by atoms with Gasteiger partial charge < -0.3 is 20.6 Å². The van der Waals surface area contributed by atoms with E-state index in [1.54, 1.807) is 33.2 Å². The maximum atomic E-state index is 12.0. The fourth-order valence-electron chi connectivity index (χ4n) is 1.54. The summed E-state index contributed by atoms with van der Waals surface area (Å²) >= 11 is 0. The normalized spacial score (nSPS) is 12.9. The van der Waals surface area contributed by atoms with E-state index in [-0.39, 0.29) is 18.2 Å². The van der Waals surface area contributed by atoms with Crippen molar-refractivity contribution in [3.8, 4) is 5.75 Å². The number of hydrogen-bond acceptors (Lipinski definition) is 4. The van der Waals surface area contributed by atoms with Gasteiger partial charge in [-0.3, -0.25) is 4.79 Å². The van der Waals surface area contributed by atoms with Crippen LogP contribution in [0.15, 0.2) is 29.4 Å². The summed E-state index contributed by atoms with van der Waals surface area (Å²) in [6.07, 6.45) is 0.254. The van der Waals surface area contributed by atoms with E-state index in [0.717, 1.165) is 11.3 Å². The number of amidine groups is 1. The standard InChI is InChI=1S/C13H19N3O3/c1-9(13(14)15-18)16(2)12(17)8-10-4-6-11(19-3)7-5-10/h4-7,9,18H,8H2,1-3H3,(H2,14,15). The van der Waals surface area contributed by atoms with Gasteiger partial charge in [-0.05, 0) is 24.6 Å². The molecular formula is C13H19N3O3. The molecule has 3 N–H and O–H groups in total. The number of carbonyl (C=O) groups excluding carboxylic acids is 1. The topological polar surface area (TPSA) is 88.2 Å². The molecule has 0 bridgehead atoms. The molecule has 1 aromatic rings. The van der Waals surface area contributed by atoms with Gasteiger partial charge in [0.15, 0.2) is 5.84 Å². The molecule has 1 aromatic carbocycles. The largest absolute Gasteiger partial charge is 0.497 e. The molecule has 0 spiro atoms. The first kappa shape index (κ1) is 14.8. The minimum atomic E-state index is -0.448. The zero-order valence-electron chi connectivity index (χ0n) is 11.3. The lowest BCUT2D eigenvalue weighted by molar-refractivity contribution is -0.129. The van der Waals surface area contributed by atoms with Crippen molar-refractivity contribution < 1.29 is 14.7 Å². The van der Waals surface area contributed by atoms with Crippen LogP contribution >= 0.6 is 0 Å². The van der Waals surface area contributed by atoms with Crippen LogP contribution in [0.3, 0.4) is 0 Å². The molecule has 0 fully saturated rings. The van der Waals surface area contributed by atoms with Gasteiger partial charge in [-0.1, -0.05) is 17.3 Å². The van der Waals surface area contributed by atoms with Crippen molar-refractivity contribution in [1.29, 1.82) is 0 Å². The molecule has 1 atom stereocenters. The van der Waals surface area contributed by atoms with Crippen molar-refractivity contribution in [2.24, 2.45) is 10.9 Å². The Balaban J connectivity index is 2.68. The zero-order valence-corrected chi connectivity index (χ0v) is 11.3. The van der Waals surface area contributed by atoms with E-state index in [2.05, 4.69) is 5.16 Å². The molecular weight excluding hydrogens is 246 g/mol. The summed E-state index contributed by atoms with van der Waals surface area (Å²) in [5.74, 6) is 0.643. The van der Waals surface area contributed by atoms with Gasteiger partial charge in [0, 0.05) is 7.05 Å². The Kier molecular flexibility index (Phi) is 5.17. The van der Waals surface area contributed by atoms with Crippen LogP contribution in [0.25, 0.3) is 0 Å². The molecule has 1 unspecified atom stereocenters. The number of amides is 1. The highest BCUT2D eigenvalue weighted by Gasteiger charge is 2.19. The van der Waals surface area contributed by atoms with E-state index in [4.69, 9.17) is 15.7 Å². The fourth-order valence-corrected chi connectivity index (χ4v) is 1.54. The number of likely N-dealkylation sites (N-methyl/N-ethyl adjacent to an activating group) is 1. The van der Waals surface area contributed by atoms with Crippen LogP contribution in [0.2, 0.25) is 0 Å². The van der Waals surface area contributed by atoms with Crippen LogP contribution in [0.1, 0.15) is 12.5 Å². The molecule has 0 aliphatic rings. The van der Waals surface area contributed by atoms with E-state index >= 15 is 0 Å². The summed E-state index contributed by atoms with van der Waals surface area (Å²) in [5.41, 5.74) is 6.36. The molecule has 0 saturated carbocycles. The van der Waals surface area contributed by atoms with Crippen molar-refractivity contribution in [3.63, 3.8) is 0 Å². The SMILES string of the molecule is COc1ccc(CC(=O)N(C)C(C)C(N)=NO)cc1. The zero-order chi connectivity index (χ0) is 14.4. The third-order valence-electron chi connectivity index (χ3n) is 3.03. The minimum Gasteiger partial charge on any atom is -0.497 e. The Morgan fingerprint density at radius 2 is 2.05 bits per heavy atom. The molecule has 0 aromatic heterocycles. The molecule has 19 heavy (non-hydrogen) atoms. The summed E-state index contributed by atoms with van der Waals surface area (Å²) in [4.78, 5) is 13.5. The van der Waals surface area contributed by atoms with Gasteiger partial charge in [-0.15, -0.1) is 0 Å². The monoisotopic (exact) mass is 265 g/mol. The second kappa shape index (κ2) is 6.63. The van der Waals surface area contributed by atoms with Crippen LogP contribution in [-0.4, -0.2) is 42.0 Å². The quantitative estimate of drug-likeness (QED) is 0.357. The van der Waals surface area contributed by atoms with Crippen molar-refractivity contribution >= 4 is 11.7 Å². The average molecular weight is 265 g/mol. The third kappa shape index (κ3) is 3.87. The Morgan fingerprint density at radius 3 is 2.53 bits per heavy atom. The summed E-state index contributed by atoms with van der Waals surface area (Å²) in [5, 5.41) is 11.5. The Morgan fingerprint density at radius 1 is 1.47 bits per heavy atom. The lowest BCUT2D eigenvalue weighted by Crippen LogP contribution is -2.44. The molecule has 104 valence electrons. The Hall–Kier alpha value is -2.24. The van der Waals surface area contributed by atoms with Crippen LogP contribution < -0.4 is 10.5 Å². The fraction of sp³-hybridized carbons (Fsp3) is 0.385. The van der Waals surface area contributed by atoms with Crippen LogP contribution in [0.4, 0.5) is 0 Å². The van der Waals surface area contributed by atoms with Crippen molar-refractivity contribution in [2.75, 3.05) is 14.2 Å². The van der Waals surface area contributed by atoms with E-state index in [9.17, 15) is 4.79 Å². The minimum absolute atomic E-state index is 0.00517. The lowest BCUT2D eigenvalue weighted by Gasteiger charge is -2.23. The summed E-state index contributed by atoms with van der Waals surface area (Å²) in [6.45, 7) is 1.70. The second-order valence-electron chi connectivity index (χ2n) is 4.23. The van der Waals surface area contributed by atoms with Crippen molar-refractivity contribution in [1.82, 2.24) is 4.90 Å². The number of benzene rings is 1. The van der Waals surface area contributed by atoms with E-state index in [1.807, 2.05) is 12.1 Å². The van der Waals surface area contributed by atoms with Crippen LogP contribution in [0, 0.1) is 0 Å². The number of hydrogen-bond donors (Lipinski definition) is 2. The van der Waals surface area contributed by atoms with Gasteiger partial charge in [0.25, 0.3) is 0 Å². The summed E-state index contributed by atoms with van der Waals surface area (Å²) < 4.78 is 5.05. The smallest absolute Gasteiger partial charge is 0.227 e. The Labute approximate surface area is 112 Å². The molecule has 1 rings (SSSR count). The molecule has 6 heteroatoms. The Bertz CT molecular complexity index is 457. The van der Waals surface area contributed by atoms with Crippen molar-refractivity contribution in [2.45, 2.75) is 19.4 Å². The highest BCUT2D eigenvalue weighted by Crippen LogP contribution is 2.12. The molecule has 0 saturated heterocycles. The number of nitrogens with zero attached hydrogens (tertiary/aromatic N) is 2. The number of nitrogens with two attached hydrogens (primary N) is 1. The molecule has 0 aliphatic carbocycles. The van der Waals surface area contributed by atoms with Crippen molar-refractivity contribution in [3.05, 3.63) is 29.8 Å². The van der Waals surface area contributed by atoms with Gasteiger partial charge in [0.1, 0.15) is 5.75 Å². The molecule has 0 radical (unpaired) electrons. The summed E-state index contributed by atoms with van der Waals surface area (Å²) in [7, 11) is 3.21. The van der Waals surface area contributed by atoms with Gasteiger partial charge in [0.05, 0.1) is 19.6 Å². The first-order chi connectivity index (χ1) is 8.99. The third-order valence-corrected chi connectivity index (χ3v) is 3.03. The van der Waals surface area contributed by atoms with Crippen LogP contribution in [-0.2, 0) is 11.2 Å². The van der Waals surface area contributed by atoms with E-state index in [0.29, 0.717) is 0 Å². The molecule has 6 nitrogen and oxygen atoms in total. The number of methoxy groups -OCH3 is 1. The highest BCUT2D eigenvalue weighted by atomic mass is 16.5. The number of rotatable bonds is 5. The number of carbonyl (C=O) groups is 1. The maximum absolute atomic E-state index is 12.0. The number of ether oxygens (including phenoxy) is 1. The maximum Gasteiger partial charge on any atom is 0.227 e. The van der Waals surface area contributed by atoms with E-state index < -0.39 is 6.04 Å². The van der Waals surface area contributed by atoms with Gasteiger partial charge in [0.2, 0.25) is 5.91 Å². The molecule has 1 amide bonds. The lowest BCUT2D eigenvalue weighted by atomic mass is 10.1. The average Bonchev–Trinajstić information content (AvgIpc) is 2.45. The van der Waals surface area contributed by atoms with Gasteiger partial charge in [-0.2, -0.15) is 0 Å². The van der Waals surface area contributed by atoms with E-state index in [1.165, 1.54) is 4.90 Å². The number of oxime groups is 1. The highest BCUT2D eigenvalue weighted by molar-refractivity contribution is 5.90. The second-order valence-corrected chi connectivity index (χ2v) is 4.23. The predicted octanol–water partition coefficient (Wildman–Crippen LogP) is 0.831. The first-order valence-corrected chi connectivity index (χ1v) is 5.85. The first-order valence-electron chi connectivity index (χ1n) is 5.85. The van der Waals surface area contributed by atoms with Gasteiger partial charge in [-0.25, -0.2) is 0 Å². The summed E-state index contributed by atoms with van der Waals surface area (Å²) in [6, 6.07) is 6.82.